The van der Waals surface area contributed by atoms with Crippen LogP contribution in [-0.2, 0) is 9.59 Å². The first kappa shape index (κ1) is 13.5. The smallest absolute Gasteiger partial charge is 0.330 e. The Morgan fingerprint density at radius 3 is 2.84 bits per heavy atom. The lowest BCUT2D eigenvalue weighted by atomic mass is 10.1. The SMILES string of the molecule is O=CNC(C(=O)O)c1cc(Cl)c2c(c1)OCCCO2. The number of carbonyl (C=O) groups is 2. The van der Waals surface area contributed by atoms with Crippen molar-refractivity contribution < 1.29 is 24.2 Å². The predicted octanol–water partition coefficient (Wildman–Crippen LogP) is 1.37. The lowest BCUT2D eigenvalue weighted by Crippen LogP contribution is -2.27. The van der Waals surface area contributed by atoms with E-state index in [1.165, 1.54) is 12.1 Å². The summed E-state index contributed by atoms with van der Waals surface area (Å²) in [6.45, 7) is 0.951. The van der Waals surface area contributed by atoms with Crippen LogP contribution in [0.15, 0.2) is 12.1 Å². The fraction of sp³-hybridized carbons (Fsp3) is 0.333. The zero-order chi connectivity index (χ0) is 13.8. The van der Waals surface area contributed by atoms with E-state index >= 15 is 0 Å². The van der Waals surface area contributed by atoms with Gasteiger partial charge in [0.05, 0.1) is 18.2 Å². The minimum absolute atomic E-state index is 0.258. The minimum atomic E-state index is -1.18. The number of carbonyl (C=O) groups excluding carboxylic acids is 1. The zero-order valence-electron chi connectivity index (χ0n) is 9.89. The summed E-state index contributed by atoms with van der Waals surface area (Å²) in [4.78, 5) is 21.6. The topological polar surface area (TPSA) is 84.9 Å². The Hall–Kier alpha value is -1.95. The van der Waals surface area contributed by atoms with Crippen molar-refractivity contribution in [2.24, 2.45) is 0 Å². The first-order chi connectivity index (χ1) is 9.13. The van der Waals surface area contributed by atoms with Gasteiger partial charge in [-0.1, -0.05) is 11.6 Å². The maximum atomic E-state index is 11.1. The van der Waals surface area contributed by atoms with Gasteiger partial charge in [0.2, 0.25) is 6.41 Å². The van der Waals surface area contributed by atoms with E-state index in [0.29, 0.717) is 36.7 Å². The van der Waals surface area contributed by atoms with Crippen LogP contribution in [0.4, 0.5) is 0 Å². The standard InChI is InChI=1S/C12H12ClNO5/c13-8-4-7(10(12(16)17)14-6-15)5-9-11(8)19-3-1-2-18-9/h4-6,10H,1-3H2,(H,14,15)(H,16,17). The highest BCUT2D eigenvalue weighted by atomic mass is 35.5. The Labute approximate surface area is 114 Å². The summed E-state index contributed by atoms with van der Waals surface area (Å²) in [6.07, 6.45) is 1.05. The van der Waals surface area contributed by atoms with E-state index in [4.69, 9.17) is 26.2 Å². The second-order valence-corrected chi connectivity index (χ2v) is 4.34. The van der Waals surface area contributed by atoms with Crippen LogP contribution in [0.3, 0.4) is 0 Å². The number of amides is 1. The van der Waals surface area contributed by atoms with E-state index in [2.05, 4.69) is 5.32 Å². The fourth-order valence-corrected chi connectivity index (χ4v) is 2.07. The summed E-state index contributed by atoms with van der Waals surface area (Å²) < 4.78 is 10.9. The van der Waals surface area contributed by atoms with Crippen LogP contribution in [0.1, 0.15) is 18.0 Å². The Kier molecular flexibility index (Phi) is 4.11. The van der Waals surface area contributed by atoms with Gasteiger partial charge in [0.25, 0.3) is 0 Å². The van der Waals surface area contributed by atoms with Gasteiger partial charge in [-0.25, -0.2) is 4.79 Å². The number of benzene rings is 1. The molecule has 0 saturated carbocycles. The number of nitrogens with one attached hydrogen (secondary N) is 1. The van der Waals surface area contributed by atoms with E-state index in [-0.39, 0.29) is 5.02 Å². The van der Waals surface area contributed by atoms with Crippen molar-refractivity contribution in [3.63, 3.8) is 0 Å². The van der Waals surface area contributed by atoms with Crippen LogP contribution in [-0.4, -0.2) is 30.7 Å². The van der Waals surface area contributed by atoms with Gasteiger partial charge in [0.1, 0.15) is 0 Å². The van der Waals surface area contributed by atoms with Crippen LogP contribution in [0.2, 0.25) is 5.02 Å². The van der Waals surface area contributed by atoms with Gasteiger partial charge in [-0.15, -0.1) is 0 Å². The molecule has 1 aromatic carbocycles. The summed E-state index contributed by atoms with van der Waals surface area (Å²) in [6, 6.07) is 1.79. The molecule has 1 aliphatic rings. The normalized spacial score (nSPS) is 15.2. The zero-order valence-corrected chi connectivity index (χ0v) is 10.6. The van der Waals surface area contributed by atoms with Gasteiger partial charge < -0.3 is 19.9 Å². The molecular weight excluding hydrogens is 274 g/mol. The summed E-state index contributed by atoms with van der Waals surface area (Å²) in [5.41, 5.74) is 0.328. The molecule has 0 fully saturated rings. The molecule has 2 rings (SSSR count). The lowest BCUT2D eigenvalue weighted by Gasteiger charge is -2.15. The molecule has 1 unspecified atom stereocenters. The maximum absolute atomic E-state index is 11.1. The largest absolute Gasteiger partial charge is 0.489 e. The first-order valence-corrected chi connectivity index (χ1v) is 6.03. The van der Waals surface area contributed by atoms with Gasteiger partial charge in [-0.3, -0.25) is 4.79 Å². The third-order valence-corrected chi connectivity index (χ3v) is 2.92. The van der Waals surface area contributed by atoms with Crippen LogP contribution in [0.5, 0.6) is 11.5 Å². The predicted molar refractivity (Wildman–Crippen MR) is 66.6 cm³/mol. The number of fused-ring (bicyclic) bond motifs is 1. The quantitative estimate of drug-likeness (QED) is 0.816. The molecule has 0 aromatic heterocycles. The first-order valence-electron chi connectivity index (χ1n) is 5.65. The minimum Gasteiger partial charge on any atom is -0.489 e. The third kappa shape index (κ3) is 2.90. The number of hydrogen-bond donors (Lipinski definition) is 2. The van der Waals surface area contributed by atoms with Gasteiger partial charge in [0.15, 0.2) is 17.5 Å². The van der Waals surface area contributed by atoms with Crippen molar-refractivity contribution in [1.82, 2.24) is 5.32 Å². The molecule has 1 amide bonds. The second-order valence-electron chi connectivity index (χ2n) is 3.94. The number of hydrogen-bond acceptors (Lipinski definition) is 4. The fourth-order valence-electron chi connectivity index (χ4n) is 1.80. The summed E-state index contributed by atoms with van der Waals surface area (Å²) in [5, 5.41) is 11.5. The van der Waals surface area contributed by atoms with E-state index in [0.717, 1.165) is 6.42 Å². The molecule has 0 spiro atoms. The highest BCUT2D eigenvalue weighted by Crippen LogP contribution is 2.39. The molecule has 19 heavy (non-hydrogen) atoms. The van der Waals surface area contributed by atoms with Crippen molar-refractivity contribution >= 4 is 24.0 Å². The molecule has 1 heterocycles. The number of carboxylic acids is 1. The summed E-state index contributed by atoms with van der Waals surface area (Å²) >= 11 is 6.05. The van der Waals surface area contributed by atoms with E-state index < -0.39 is 12.0 Å². The Morgan fingerprint density at radius 1 is 1.42 bits per heavy atom. The Balaban J connectivity index is 2.41. The highest BCUT2D eigenvalue weighted by Gasteiger charge is 2.23. The summed E-state index contributed by atoms with van der Waals surface area (Å²) in [7, 11) is 0. The molecule has 0 aliphatic carbocycles. The number of ether oxygens (including phenoxy) is 2. The van der Waals surface area contributed by atoms with E-state index in [9.17, 15) is 9.59 Å². The summed E-state index contributed by atoms with van der Waals surface area (Å²) in [5.74, 6) is -0.394. The number of rotatable bonds is 4. The van der Waals surface area contributed by atoms with Crippen molar-refractivity contribution in [3.05, 3.63) is 22.7 Å². The van der Waals surface area contributed by atoms with Gasteiger partial charge in [0, 0.05) is 6.42 Å². The Bertz CT molecular complexity index is 505. The number of aliphatic carboxylic acids is 1. The molecule has 6 nitrogen and oxygen atoms in total. The van der Waals surface area contributed by atoms with Crippen molar-refractivity contribution in [1.29, 1.82) is 0 Å². The molecule has 1 aliphatic heterocycles. The highest BCUT2D eigenvalue weighted by molar-refractivity contribution is 6.32. The average Bonchev–Trinajstić information content (AvgIpc) is 2.61. The van der Waals surface area contributed by atoms with Crippen LogP contribution < -0.4 is 14.8 Å². The lowest BCUT2D eigenvalue weighted by molar-refractivity contribution is -0.140. The van der Waals surface area contributed by atoms with Crippen molar-refractivity contribution in [2.45, 2.75) is 12.5 Å². The molecular formula is C12H12ClNO5. The second kappa shape index (κ2) is 5.79. The monoisotopic (exact) mass is 285 g/mol. The van der Waals surface area contributed by atoms with E-state index in [1.807, 2.05) is 0 Å². The Morgan fingerprint density at radius 2 is 2.16 bits per heavy atom. The third-order valence-electron chi connectivity index (χ3n) is 2.64. The number of carboxylic acid groups (broad SMARTS) is 1. The number of halogens is 1. The van der Waals surface area contributed by atoms with Gasteiger partial charge >= 0.3 is 5.97 Å². The van der Waals surface area contributed by atoms with Crippen molar-refractivity contribution in [2.75, 3.05) is 13.2 Å². The molecule has 2 N–H and O–H groups in total. The van der Waals surface area contributed by atoms with Crippen LogP contribution in [0.25, 0.3) is 0 Å². The van der Waals surface area contributed by atoms with Crippen molar-refractivity contribution in [3.8, 4) is 11.5 Å². The molecule has 0 radical (unpaired) electrons. The molecule has 7 heteroatoms. The van der Waals surface area contributed by atoms with E-state index in [1.54, 1.807) is 0 Å². The molecule has 1 atom stereocenters. The van der Waals surface area contributed by atoms with Crippen LogP contribution >= 0.6 is 11.6 Å². The van der Waals surface area contributed by atoms with Crippen LogP contribution in [0, 0.1) is 0 Å². The van der Waals surface area contributed by atoms with Gasteiger partial charge in [-0.05, 0) is 17.7 Å². The molecule has 0 bridgehead atoms. The molecule has 0 saturated heterocycles. The average molecular weight is 286 g/mol. The molecule has 1 aromatic rings. The maximum Gasteiger partial charge on any atom is 0.330 e. The molecule has 102 valence electrons. The van der Waals surface area contributed by atoms with Gasteiger partial charge in [-0.2, -0.15) is 0 Å².